The Bertz CT molecular complexity index is 906. The molecule has 0 atom stereocenters. The highest BCUT2D eigenvalue weighted by molar-refractivity contribution is 6.00. The summed E-state index contributed by atoms with van der Waals surface area (Å²) in [6, 6.07) is 16.8. The van der Waals surface area contributed by atoms with Gasteiger partial charge < -0.3 is 10.6 Å². The van der Waals surface area contributed by atoms with Crippen LogP contribution in [0.2, 0.25) is 0 Å². The molecule has 0 saturated heterocycles. The maximum atomic E-state index is 12.1. The van der Waals surface area contributed by atoms with Crippen LogP contribution in [0.4, 0.5) is 5.69 Å². The number of carbonyl (C=O) groups is 2. The van der Waals surface area contributed by atoms with Gasteiger partial charge in [0.25, 0.3) is 5.91 Å². The van der Waals surface area contributed by atoms with Crippen molar-refractivity contribution in [2.75, 3.05) is 11.9 Å². The Hall–Kier alpha value is -3.21. The molecular weight excluding hydrogens is 302 g/mol. The minimum Gasteiger partial charge on any atom is -0.343 e. The summed E-state index contributed by atoms with van der Waals surface area (Å²) in [5.41, 5.74) is 2.90. The summed E-state index contributed by atoms with van der Waals surface area (Å²) < 4.78 is 0. The molecule has 0 saturated carbocycles. The lowest BCUT2D eigenvalue weighted by molar-refractivity contribution is -0.115. The van der Waals surface area contributed by atoms with Gasteiger partial charge in [0.05, 0.1) is 23.9 Å². The molecule has 1 heterocycles. The van der Waals surface area contributed by atoms with Crippen LogP contribution in [0.25, 0.3) is 10.9 Å². The number of anilines is 1. The zero-order valence-electron chi connectivity index (χ0n) is 13.2. The van der Waals surface area contributed by atoms with Crippen molar-refractivity contribution < 1.29 is 9.59 Å². The van der Waals surface area contributed by atoms with Crippen LogP contribution < -0.4 is 10.6 Å². The number of nitrogens with zero attached hydrogens (tertiary/aromatic N) is 1. The number of hydrogen-bond acceptors (Lipinski definition) is 3. The number of aromatic nitrogens is 1. The first-order chi connectivity index (χ1) is 11.6. The number of carbonyl (C=O) groups excluding carboxylic acids is 2. The second-order valence-electron chi connectivity index (χ2n) is 5.46. The van der Waals surface area contributed by atoms with E-state index in [2.05, 4.69) is 15.6 Å². The fourth-order valence-electron chi connectivity index (χ4n) is 2.43. The first-order valence-corrected chi connectivity index (χ1v) is 7.62. The van der Waals surface area contributed by atoms with Crippen molar-refractivity contribution in [3.63, 3.8) is 0 Å². The highest BCUT2D eigenvalue weighted by atomic mass is 16.2. The van der Waals surface area contributed by atoms with Crippen molar-refractivity contribution in [1.29, 1.82) is 0 Å². The molecule has 0 aliphatic carbocycles. The van der Waals surface area contributed by atoms with E-state index >= 15 is 0 Å². The lowest BCUT2D eigenvalue weighted by Crippen LogP contribution is -2.33. The molecule has 2 N–H and O–H groups in total. The topological polar surface area (TPSA) is 71.1 Å². The van der Waals surface area contributed by atoms with Crippen molar-refractivity contribution >= 4 is 28.4 Å². The highest BCUT2D eigenvalue weighted by Crippen LogP contribution is 2.15. The molecule has 3 rings (SSSR count). The fourth-order valence-corrected chi connectivity index (χ4v) is 2.43. The number of hydrogen-bond donors (Lipinski definition) is 2. The Kier molecular flexibility index (Phi) is 4.52. The van der Waals surface area contributed by atoms with Crippen LogP contribution in [0.5, 0.6) is 0 Å². The molecular formula is C19H17N3O2. The average Bonchev–Trinajstić information content (AvgIpc) is 2.60. The summed E-state index contributed by atoms with van der Waals surface area (Å²) in [5.74, 6) is -0.561. The molecule has 0 aliphatic rings. The van der Waals surface area contributed by atoms with Gasteiger partial charge in [-0.3, -0.25) is 14.6 Å². The van der Waals surface area contributed by atoms with E-state index in [9.17, 15) is 9.59 Å². The molecule has 2 aromatic carbocycles. The summed E-state index contributed by atoms with van der Waals surface area (Å²) >= 11 is 0. The number of amides is 2. The summed E-state index contributed by atoms with van der Waals surface area (Å²) in [5, 5.41) is 6.31. The van der Waals surface area contributed by atoms with E-state index < -0.39 is 0 Å². The van der Waals surface area contributed by atoms with Crippen molar-refractivity contribution in [2.24, 2.45) is 0 Å². The Morgan fingerprint density at radius 3 is 2.62 bits per heavy atom. The number of aryl methyl sites for hydroxylation is 1. The van der Waals surface area contributed by atoms with Crippen molar-refractivity contribution in [3.8, 4) is 0 Å². The molecule has 1 aromatic heterocycles. The summed E-state index contributed by atoms with van der Waals surface area (Å²) in [6.45, 7) is 1.76. The van der Waals surface area contributed by atoms with Gasteiger partial charge >= 0.3 is 0 Å². The maximum absolute atomic E-state index is 12.1. The van der Waals surface area contributed by atoms with Crippen LogP contribution >= 0.6 is 0 Å². The second kappa shape index (κ2) is 6.91. The zero-order chi connectivity index (χ0) is 16.9. The quantitative estimate of drug-likeness (QED) is 0.777. The Morgan fingerprint density at radius 1 is 1.04 bits per heavy atom. The minimum atomic E-state index is -0.297. The standard InChI is InChI=1S/C19H17N3O2/c1-13-6-2-4-8-16(13)19(24)21-12-18(23)22-15-10-14-7-3-5-9-17(14)20-11-15/h2-11H,12H2,1H3,(H,21,24)(H,22,23). The van der Waals surface area contributed by atoms with Crippen LogP contribution in [0.3, 0.4) is 0 Å². The van der Waals surface area contributed by atoms with Gasteiger partial charge in [0.2, 0.25) is 5.91 Å². The molecule has 0 bridgehead atoms. The minimum absolute atomic E-state index is 0.0972. The van der Waals surface area contributed by atoms with Gasteiger partial charge in [-0.1, -0.05) is 36.4 Å². The van der Waals surface area contributed by atoms with Gasteiger partial charge in [0, 0.05) is 10.9 Å². The number of nitrogens with one attached hydrogen (secondary N) is 2. The van der Waals surface area contributed by atoms with Gasteiger partial charge in [-0.2, -0.15) is 0 Å². The molecule has 0 spiro atoms. The molecule has 5 nitrogen and oxygen atoms in total. The molecule has 0 radical (unpaired) electrons. The predicted molar refractivity (Wildman–Crippen MR) is 93.9 cm³/mol. The van der Waals surface area contributed by atoms with Crippen LogP contribution in [-0.4, -0.2) is 23.3 Å². The largest absolute Gasteiger partial charge is 0.343 e. The average molecular weight is 319 g/mol. The van der Waals surface area contributed by atoms with Crippen LogP contribution in [0.15, 0.2) is 60.8 Å². The monoisotopic (exact) mass is 319 g/mol. The third-order valence-corrected chi connectivity index (χ3v) is 3.67. The smallest absolute Gasteiger partial charge is 0.251 e. The lowest BCUT2D eigenvalue weighted by atomic mass is 10.1. The zero-order valence-corrected chi connectivity index (χ0v) is 13.2. The van der Waals surface area contributed by atoms with Gasteiger partial charge in [0.1, 0.15) is 0 Å². The molecule has 0 aliphatic heterocycles. The number of rotatable bonds is 4. The van der Waals surface area contributed by atoms with Crippen molar-refractivity contribution in [2.45, 2.75) is 6.92 Å². The Balaban J connectivity index is 1.61. The van der Waals surface area contributed by atoms with Crippen LogP contribution in [-0.2, 0) is 4.79 Å². The van der Waals surface area contributed by atoms with E-state index in [4.69, 9.17) is 0 Å². The molecule has 24 heavy (non-hydrogen) atoms. The highest BCUT2D eigenvalue weighted by Gasteiger charge is 2.10. The number of pyridine rings is 1. The van der Waals surface area contributed by atoms with E-state index in [0.717, 1.165) is 16.5 Å². The third-order valence-electron chi connectivity index (χ3n) is 3.67. The maximum Gasteiger partial charge on any atom is 0.251 e. The lowest BCUT2D eigenvalue weighted by Gasteiger charge is -2.09. The predicted octanol–water partition coefficient (Wildman–Crippen LogP) is 2.91. The number of benzene rings is 2. The second-order valence-corrected chi connectivity index (χ2v) is 5.46. The molecule has 3 aromatic rings. The SMILES string of the molecule is Cc1ccccc1C(=O)NCC(=O)Nc1cnc2ccccc2c1. The van der Waals surface area contributed by atoms with E-state index in [1.165, 1.54) is 0 Å². The number of para-hydroxylation sites is 1. The number of fused-ring (bicyclic) bond motifs is 1. The third kappa shape index (κ3) is 3.57. The van der Waals surface area contributed by atoms with E-state index in [0.29, 0.717) is 11.3 Å². The van der Waals surface area contributed by atoms with Gasteiger partial charge in [0.15, 0.2) is 0 Å². The Labute approximate surface area is 139 Å². The first-order valence-electron chi connectivity index (χ1n) is 7.62. The van der Waals surface area contributed by atoms with Crippen molar-refractivity contribution in [3.05, 3.63) is 71.9 Å². The molecule has 120 valence electrons. The fraction of sp³-hybridized carbons (Fsp3) is 0.105. The van der Waals surface area contributed by atoms with E-state index in [1.54, 1.807) is 18.3 Å². The molecule has 5 heteroatoms. The van der Waals surface area contributed by atoms with Gasteiger partial charge in [-0.05, 0) is 30.7 Å². The molecule has 0 unspecified atom stereocenters. The normalized spacial score (nSPS) is 10.4. The molecule has 0 fully saturated rings. The summed E-state index contributed by atoms with van der Waals surface area (Å²) in [7, 11) is 0. The summed E-state index contributed by atoms with van der Waals surface area (Å²) in [4.78, 5) is 28.4. The van der Waals surface area contributed by atoms with Gasteiger partial charge in [-0.15, -0.1) is 0 Å². The Morgan fingerprint density at radius 2 is 1.79 bits per heavy atom. The van der Waals surface area contributed by atoms with E-state index in [1.807, 2.05) is 49.4 Å². The van der Waals surface area contributed by atoms with Crippen LogP contribution in [0, 0.1) is 6.92 Å². The van der Waals surface area contributed by atoms with E-state index in [-0.39, 0.29) is 18.4 Å². The van der Waals surface area contributed by atoms with Gasteiger partial charge in [-0.25, -0.2) is 0 Å². The molecule has 2 amide bonds. The first kappa shape index (κ1) is 15.7. The van der Waals surface area contributed by atoms with Crippen molar-refractivity contribution in [1.82, 2.24) is 10.3 Å². The summed E-state index contributed by atoms with van der Waals surface area (Å²) in [6.07, 6.45) is 1.60. The van der Waals surface area contributed by atoms with Crippen LogP contribution in [0.1, 0.15) is 15.9 Å².